The molecule has 0 radical (unpaired) electrons. The summed E-state index contributed by atoms with van der Waals surface area (Å²) in [7, 11) is 0. The van der Waals surface area contributed by atoms with E-state index in [0.29, 0.717) is 15.7 Å². The molecular weight excluding hydrogens is 214 g/mol. The number of benzene rings is 1. The lowest BCUT2D eigenvalue weighted by atomic mass is 10.3. The summed E-state index contributed by atoms with van der Waals surface area (Å²) in [4.78, 5) is 0.378. The van der Waals surface area contributed by atoms with E-state index >= 15 is 0 Å². The summed E-state index contributed by atoms with van der Waals surface area (Å²) in [5.74, 6) is -0.723. The van der Waals surface area contributed by atoms with E-state index in [-0.39, 0.29) is 0 Å². The Labute approximate surface area is 84.6 Å². The van der Waals surface area contributed by atoms with Gasteiger partial charge >= 0.3 is 0 Å². The first-order chi connectivity index (χ1) is 6.09. The van der Waals surface area contributed by atoms with E-state index in [0.717, 1.165) is 6.07 Å². The Bertz CT molecular complexity index is 325. The maximum absolute atomic E-state index is 13.0. The topological polar surface area (TPSA) is 0 Å². The zero-order valence-corrected chi connectivity index (χ0v) is 8.26. The highest BCUT2D eigenvalue weighted by molar-refractivity contribution is 7.99. The van der Waals surface area contributed by atoms with Gasteiger partial charge in [0.05, 0.1) is 0 Å². The van der Waals surface area contributed by atoms with Gasteiger partial charge < -0.3 is 0 Å². The minimum Gasteiger partial charge on any atom is -0.207 e. The zero-order valence-electron chi connectivity index (χ0n) is 6.69. The van der Waals surface area contributed by atoms with Gasteiger partial charge in [-0.25, -0.2) is 8.78 Å². The van der Waals surface area contributed by atoms with Crippen molar-refractivity contribution < 1.29 is 8.78 Å². The fraction of sp³-hybridized carbons (Fsp3) is 0.111. The Balaban J connectivity index is 2.72. The van der Waals surface area contributed by atoms with Crippen LogP contribution >= 0.6 is 23.4 Å². The second kappa shape index (κ2) is 4.63. The van der Waals surface area contributed by atoms with Gasteiger partial charge in [-0.3, -0.25) is 0 Å². The van der Waals surface area contributed by atoms with Gasteiger partial charge in [-0.15, -0.1) is 11.8 Å². The van der Waals surface area contributed by atoms with Crippen LogP contribution in [0.1, 0.15) is 0 Å². The van der Waals surface area contributed by atoms with Crippen molar-refractivity contribution in [2.24, 2.45) is 0 Å². The quantitative estimate of drug-likeness (QED) is 0.698. The van der Waals surface area contributed by atoms with Crippen molar-refractivity contribution in [2.75, 3.05) is 5.75 Å². The summed E-state index contributed by atoms with van der Waals surface area (Å²) in [6.45, 7) is 3.47. The first kappa shape index (κ1) is 10.5. The summed E-state index contributed by atoms with van der Waals surface area (Å²) in [6.07, 6.45) is 0. The normalized spacial score (nSPS) is 10.1. The molecule has 4 heteroatoms. The lowest BCUT2D eigenvalue weighted by Gasteiger charge is -2.01. The molecule has 70 valence electrons. The Morgan fingerprint density at radius 1 is 1.46 bits per heavy atom. The van der Waals surface area contributed by atoms with Crippen LogP contribution in [0.15, 0.2) is 34.7 Å². The number of rotatable bonds is 3. The molecule has 0 nitrogen and oxygen atoms in total. The molecule has 0 N–H and O–H groups in total. The van der Waals surface area contributed by atoms with E-state index in [9.17, 15) is 8.78 Å². The first-order valence-electron chi connectivity index (χ1n) is 3.50. The molecule has 0 aliphatic carbocycles. The van der Waals surface area contributed by atoms with E-state index in [2.05, 4.69) is 6.58 Å². The monoisotopic (exact) mass is 220 g/mol. The summed E-state index contributed by atoms with van der Waals surface area (Å²) < 4.78 is 25.4. The van der Waals surface area contributed by atoms with E-state index in [1.165, 1.54) is 23.9 Å². The van der Waals surface area contributed by atoms with Gasteiger partial charge in [0.2, 0.25) is 0 Å². The highest BCUT2D eigenvalue weighted by atomic mass is 35.5. The Hall–Kier alpha value is -0.540. The number of halogens is 3. The molecule has 1 rings (SSSR count). The summed E-state index contributed by atoms with van der Waals surface area (Å²) >= 11 is 6.69. The molecule has 0 atom stereocenters. The van der Waals surface area contributed by atoms with E-state index in [1.54, 1.807) is 0 Å². The van der Waals surface area contributed by atoms with Crippen molar-refractivity contribution in [3.8, 4) is 0 Å². The largest absolute Gasteiger partial charge is 0.207 e. The van der Waals surface area contributed by atoms with Crippen LogP contribution in [-0.2, 0) is 0 Å². The highest BCUT2D eigenvalue weighted by Gasteiger charge is 2.03. The smallest absolute Gasteiger partial charge is 0.139 e. The maximum atomic E-state index is 13.0. The van der Waals surface area contributed by atoms with Gasteiger partial charge in [-0.2, -0.15) is 0 Å². The SMILES string of the molecule is C=C(Cl)CSc1ccc(F)cc1F. The zero-order chi connectivity index (χ0) is 9.84. The van der Waals surface area contributed by atoms with Crippen LogP contribution in [0.3, 0.4) is 0 Å². The molecule has 0 fully saturated rings. The van der Waals surface area contributed by atoms with Crippen molar-refractivity contribution in [3.05, 3.63) is 41.4 Å². The molecule has 0 heterocycles. The second-order valence-electron chi connectivity index (χ2n) is 2.38. The standard InChI is InChI=1S/C9H7ClF2S/c1-6(10)5-13-9-3-2-7(11)4-8(9)12/h2-4H,1,5H2. The maximum Gasteiger partial charge on any atom is 0.139 e. The van der Waals surface area contributed by atoms with Gasteiger partial charge in [0, 0.05) is 21.7 Å². The molecule has 0 unspecified atom stereocenters. The predicted octanol–water partition coefficient (Wildman–Crippen LogP) is 3.81. The fourth-order valence-electron chi connectivity index (χ4n) is 0.748. The van der Waals surface area contributed by atoms with Crippen LogP contribution in [0, 0.1) is 11.6 Å². The van der Waals surface area contributed by atoms with E-state index < -0.39 is 11.6 Å². The number of thioether (sulfide) groups is 1. The van der Waals surface area contributed by atoms with Gasteiger partial charge in [0.15, 0.2) is 0 Å². The minimum absolute atomic E-state index is 0.378. The van der Waals surface area contributed by atoms with Crippen LogP contribution in [0.25, 0.3) is 0 Å². The third kappa shape index (κ3) is 3.36. The van der Waals surface area contributed by atoms with Crippen molar-refractivity contribution in [3.63, 3.8) is 0 Å². The molecule has 0 amide bonds. The predicted molar refractivity (Wildman–Crippen MR) is 52.1 cm³/mol. The summed E-state index contributed by atoms with van der Waals surface area (Å²) in [5.41, 5.74) is 0. The van der Waals surface area contributed by atoms with E-state index in [1.807, 2.05) is 0 Å². The van der Waals surface area contributed by atoms with Crippen LogP contribution < -0.4 is 0 Å². The molecule has 0 aliphatic rings. The van der Waals surface area contributed by atoms with Gasteiger partial charge in [-0.1, -0.05) is 18.2 Å². The van der Waals surface area contributed by atoms with Crippen molar-refractivity contribution in [1.82, 2.24) is 0 Å². The molecule has 0 saturated carbocycles. The van der Waals surface area contributed by atoms with Gasteiger partial charge in [0.25, 0.3) is 0 Å². The molecule has 0 aliphatic heterocycles. The van der Waals surface area contributed by atoms with Crippen LogP contribution in [0.4, 0.5) is 8.78 Å². The summed E-state index contributed by atoms with van der Waals surface area (Å²) in [6, 6.07) is 3.44. The van der Waals surface area contributed by atoms with Crippen molar-refractivity contribution in [2.45, 2.75) is 4.90 Å². The molecule has 0 aromatic heterocycles. The third-order valence-corrected chi connectivity index (χ3v) is 2.71. The molecule has 13 heavy (non-hydrogen) atoms. The highest BCUT2D eigenvalue weighted by Crippen LogP contribution is 2.24. The Kier molecular flexibility index (Phi) is 3.75. The van der Waals surface area contributed by atoms with E-state index in [4.69, 9.17) is 11.6 Å². The molecule has 1 aromatic rings. The van der Waals surface area contributed by atoms with Gasteiger partial charge in [0.1, 0.15) is 11.6 Å². The average molecular weight is 221 g/mol. The van der Waals surface area contributed by atoms with Crippen molar-refractivity contribution in [1.29, 1.82) is 0 Å². The molecule has 0 spiro atoms. The lowest BCUT2D eigenvalue weighted by Crippen LogP contribution is -1.85. The van der Waals surface area contributed by atoms with Crippen LogP contribution in [-0.4, -0.2) is 5.75 Å². The second-order valence-corrected chi connectivity index (χ2v) is 3.93. The third-order valence-electron chi connectivity index (χ3n) is 1.28. The van der Waals surface area contributed by atoms with Crippen molar-refractivity contribution >= 4 is 23.4 Å². The molecule has 0 bridgehead atoms. The Morgan fingerprint density at radius 3 is 2.69 bits per heavy atom. The lowest BCUT2D eigenvalue weighted by molar-refractivity contribution is 0.566. The molecule has 0 saturated heterocycles. The van der Waals surface area contributed by atoms with Gasteiger partial charge in [-0.05, 0) is 12.1 Å². The molecular formula is C9H7ClF2S. The Morgan fingerprint density at radius 2 is 2.15 bits per heavy atom. The molecule has 1 aromatic carbocycles. The number of hydrogen-bond acceptors (Lipinski definition) is 1. The average Bonchev–Trinajstić information content (AvgIpc) is 2.02. The van der Waals surface area contributed by atoms with Crippen LogP contribution in [0.2, 0.25) is 0 Å². The summed E-state index contributed by atoms with van der Waals surface area (Å²) in [5, 5.41) is 0.439. The minimum atomic E-state index is -0.577. The first-order valence-corrected chi connectivity index (χ1v) is 4.87. The van der Waals surface area contributed by atoms with Crippen LogP contribution in [0.5, 0.6) is 0 Å². The number of hydrogen-bond donors (Lipinski definition) is 0. The fourth-order valence-corrected chi connectivity index (χ4v) is 1.59.